The van der Waals surface area contributed by atoms with E-state index in [1.54, 1.807) is 0 Å². The van der Waals surface area contributed by atoms with Gasteiger partial charge in [0.05, 0.1) is 18.9 Å². The van der Waals surface area contributed by atoms with Gasteiger partial charge in [-0.25, -0.2) is 0 Å². The summed E-state index contributed by atoms with van der Waals surface area (Å²) in [4.78, 5) is 4.47. The zero-order valence-corrected chi connectivity index (χ0v) is 13.3. The molecule has 0 saturated carbocycles. The molecule has 2 heterocycles. The molecule has 0 aliphatic carbocycles. The standard InChI is InChI=1S/C19H19NO4/c1-5-16(21-10-18-12-23-18)6-2-14(1)9-20-15-3-7-17(8-4-15)22-11-19-13-24-19/h1-9,18-19H,10-13H2/b20-9+. The van der Waals surface area contributed by atoms with Crippen LogP contribution in [0.5, 0.6) is 11.5 Å². The quantitative estimate of drug-likeness (QED) is 0.553. The summed E-state index contributed by atoms with van der Waals surface area (Å²) in [5.74, 6) is 1.69. The Bertz CT molecular complexity index is 627. The second kappa shape index (κ2) is 7.03. The van der Waals surface area contributed by atoms with E-state index in [0.29, 0.717) is 13.2 Å². The average molecular weight is 325 g/mol. The SMILES string of the molecule is C(=N\c1ccc(OCC2CO2)cc1)/c1ccc(OCC2CO2)cc1. The molecule has 24 heavy (non-hydrogen) atoms. The average Bonchev–Trinajstić information content (AvgIpc) is 3.53. The zero-order valence-electron chi connectivity index (χ0n) is 13.3. The van der Waals surface area contributed by atoms with Crippen molar-refractivity contribution in [2.75, 3.05) is 26.4 Å². The van der Waals surface area contributed by atoms with Gasteiger partial charge in [-0.15, -0.1) is 0 Å². The van der Waals surface area contributed by atoms with Crippen LogP contribution in [0, 0.1) is 0 Å². The van der Waals surface area contributed by atoms with Gasteiger partial charge in [-0.05, 0) is 54.1 Å². The van der Waals surface area contributed by atoms with Crippen molar-refractivity contribution in [2.24, 2.45) is 4.99 Å². The summed E-state index contributed by atoms with van der Waals surface area (Å²) in [7, 11) is 0. The molecule has 2 fully saturated rings. The smallest absolute Gasteiger partial charge is 0.119 e. The molecule has 2 aliphatic rings. The molecule has 2 aromatic rings. The number of epoxide rings is 2. The summed E-state index contributed by atoms with van der Waals surface area (Å²) in [5.41, 5.74) is 1.91. The van der Waals surface area contributed by atoms with Gasteiger partial charge in [-0.1, -0.05) is 0 Å². The van der Waals surface area contributed by atoms with Crippen LogP contribution >= 0.6 is 0 Å². The fourth-order valence-corrected chi connectivity index (χ4v) is 2.13. The van der Waals surface area contributed by atoms with Gasteiger partial charge in [0, 0.05) is 6.21 Å². The van der Waals surface area contributed by atoms with Crippen molar-refractivity contribution in [1.82, 2.24) is 0 Å². The molecule has 5 nitrogen and oxygen atoms in total. The molecule has 124 valence electrons. The van der Waals surface area contributed by atoms with Gasteiger partial charge in [0.2, 0.25) is 0 Å². The largest absolute Gasteiger partial charge is 0.491 e. The first kappa shape index (κ1) is 15.2. The van der Waals surface area contributed by atoms with Crippen molar-refractivity contribution in [3.63, 3.8) is 0 Å². The van der Waals surface area contributed by atoms with Crippen molar-refractivity contribution in [3.8, 4) is 11.5 Å². The minimum Gasteiger partial charge on any atom is -0.491 e. The molecule has 4 rings (SSSR count). The highest BCUT2D eigenvalue weighted by Crippen LogP contribution is 2.20. The van der Waals surface area contributed by atoms with Crippen LogP contribution in [0.1, 0.15) is 5.56 Å². The maximum Gasteiger partial charge on any atom is 0.119 e. The summed E-state index contributed by atoms with van der Waals surface area (Å²) in [6, 6.07) is 15.6. The van der Waals surface area contributed by atoms with E-state index < -0.39 is 0 Å². The Kier molecular flexibility index (Phi) is 4.44. The first-order valence-corrected chi connectivity index (χ1v) is 8.08. The van der Waals surface area contributed by atoms with Crippen LogP contribution in [0.3, 0.4) is 0 Å². The minimum absolute atomic E-state index is 0.270. The van der Waals surface area contributed by atoms with Crippen LogP contribution in [-0.2, 0) is 9.47 Å². The monoisotopic (exact) mass is 325 g/mol. The van der Waals surface area contributed by atoms with Gasteiger partial charge in [0.1, 0.15) is 36.9 Å². The second-order valence-corrected chi connectivity index (χ2v) is 5.85. The molecule has 0 bridgehead atoms. The highest BCUT2D eigenvalue weighted by molar-refractivity contribution is 5.82. The van der Waals surface area contributed by atoms with Crippen LogP contribution < -0.4 is 9.47 Å². The fraction of sp³-hybridized carbons (Fsp3) is 0.316. The van der Waals surface area contributed by atoms with Gasteiger partial charge in [-0.3, -0.25) is 4.99 Å². The lowest BCUT2D eigenvalue weighted by molar-refractivity contribution is 0.263. The Labute approximate surface area is 140 Å². The molecule has 2 aromatic carbocycles. The lowest BCUT2D eigenvalue weighted by atomic mass is 10.2. The van der Waals surface area contributed by atoms with E-state index in [1.165, 1.54) is 0 Å². The molecular formula is C19H19NO4. The van der Waals surface area contributed by atoms with E-state index in [2.05, 4.69) is 4.99 Å². The number of aliphatic imine (C=N–C) groups is 1. The van der Waals surface area contributed by atoms with Gasteiger partial charge in [0.15, 0.2) is 0 Å². The number of ether oxygens (including phenoxy) is 4. The predicted molar refractivity (Wildman–Crippen MR) is 90.6 cm³/mol. The van der Waals surface area contributed by atoms with Crippen LogP contribution in [0.25, 0.3) is 0 Å². The van der Waals surface area contributed by atoms with Gasteiger partial charge >= 0.3 is 0 Å². The molecular weight excluding hydrogens is 306 g/mol. The first-order valence-electron chi connectivity index (χ1n) is 8.08. The molecule has 2 unspecified atom stereocenters. The summed E-state index contributed by atoms with van der Waals surface area (Å²) in [6.07, 6.45) is 2.38. The predicted octanol–water partition coefficient (Wildman–Crippen LogP) is 2.99. The molecule has 2 saturated heterocycles. The van der Waals surface area contributed by atoms with E-state index >= 15 is 0 Å². The fourth-order valence-electron chi connectivity index (χ4n) is 2.13. The van der Waals surface area contributed by atoms with Crippen LogP contribution in [0.4, 0.5) is 5.69 Å². The molecule has 0 N–H and O–H groups in total. The molecule has 2 atom stereocenters. The van der Waals surface area contributed by atoms with E-state index in [0.717, 1.165) is 36.0 Å². The highest BCUT2D eigenvalue weighted by atomic mass is 16.6. The topological polar surface area (TPSA) is 55.9 Å². The van der Waals surface area contributed by atoms with Crippen LogP contribution in [0.15, 0.2) is 53.5 Å². The van der Waals surface area contributed by atoms with Gasteiger partial charge in [-0.2, -0.15) is 0 Å². The van der Waals surface area contributed by atoms with Gasteiger partial charge < -0.3 is 18.9 Å². The number of hydrogen-bond donors (Lipinski definition) is 0. The van der Waals surface area contributed by atoms with Crippen LogP contribution in [-0.4, -0.2) is 44.9 Å². The van der Waals surface area contributed by atoms with Crippen molar-refractivity contribution >= 4 is 11.9 Å². The third kappa shape index (κ3) is 4.57. The van der Waals surface area contributed by atoms with E-state index in [9.17, 15) is 0 Å². The Morgan fingerprint density at radius 2 is 1.33 bits per heavy atom. The Morgan fingerprint density at radius 1 is 0.833 bits per heavy atom. The van der Waals surface area contributed by atoms with Gasteiger partial charge in [0.25, 0.3) is 0 Å². The number of benzene rings is 2. The third-order valence-electron chi connectivity index (χ3n) is 3.76. The zero-order chi connectivity index (χ0) is 16.2. The Balaban J connectivity index is 1.29. The normalized spacial score (nSPS) is 21.7. The molecule has 0 radical (unpaired) electrons. The molecule has 0 amide bonds. The Morgan fingerprint density at radius 3 is 1.83 bits per heavy atom. The van der Waals surface area contributed by atoms with E-state index in [-0.39, 0.29) is 12.2 Å². The van der Waals surface area contributed by atoms with Crippen molar-refractivity contribution in [3.05, 3.63) is 54.1 Å². The lowest BCUT2D eigenvalue weighted by Gasteiger charge is -2.04. The molecule has 5 heteroatoms. The van der Waals surface area contributed by atoms with E-state index in [1.807, 2.05) is 54.7 Å². The third-order valence-corrected chi connectivity index (χ3v) is 3.76. The van der Waals surface area contributed by atoms with Crippen molar-refractivity contribution < 1.29 is 18.9 Å². The Hall–Kier alpha value is -2.37. The number of hydrogen-bond acceptors (Lipinski definition) is 5. The summed E-state index contributed by atoms with van der Waals surface area (Å²) in [6.45, 7) is 2.85. The minimum atomic E-state index is 0.270. The lowest BCUT2D eigenvalue weighted by Crippen LogP contribution is -2.03. The van der Waals surface area contributed by atoms with E-state index in [4.69, 9.17) is 18.9 Å². The maximum atomic E-state index is 5.61. The van der Waals surface area contributed by atoms with Crippen molar-refractivity contribution in [1.29, 1.82) is 0 Å². The molecule has 0 spiro atoms. The molecule has 2 aliphatic heterocycles. The summed E-state index contributed by atoms with van der Waals surface area (Å²) in [5, 5.41) is 0. The highest BCUT2D eigenvalue weighted by Gasteiger charge is 2.23. The maximum absolute atomic E-state index is 5.61. The van der Waals surface area contributed by atoms with Crippen LogP contribution in [0.2, 0.25) is 0 Å². The summed E-state index contributed by atoms with van der Waals surface area (Å²) < 4.78 is 21.5. The van der Waals surface area contributed by atoms with Crippen molar-refractivity contribution in [2.45, 2.75) is 12.2 Å². The number of rotatable bonds is 8. The summed E-state index contributed by atoms with van der Waals surface area (Å²) >= 11 is 0. The first-order chi connectivity index (χ1) is 11.8. The second-order valence-electron chi connectivity index (χ2n) is 5.85. The molecule has 0 aromatic heterocycles. The number of nitrogens with zero attached hydrogens (tertiary/aromatic N) is 1.